The Balaban J connectivity index is 1.64. The van der Waals surface area contributed by atoms with Gasteiger partial charge in [0, 0.05) is 19.4 Å². The summed E-state index contributed by atoms with van der Waals surface area (Å²) in [7, 11) is 1.64. The molecule has 0 spiro atoms. The zero-order chi connectivity index (χ0) is 16.5. The molecule has 122 valence electrons. The van der Waals surface area contributed by atoms with Gasteiger partial charge in [-0.05, 0) is 35.9 Å². The number of amides is 1. The number of para-hydroxylation sites is 1. The quantitative estimate of drug-likeness (QED) is 0.716. The van der Waals surface area contributed by atoms with Gasteiger partial charge in [0.1, 0.15) is 5.75 Å². The normalized spacial score (nSPS) is 10.3. The molecular formula is C18H21NO3S. The van der Waals surface area contributed by atoms with Gasteiger partial charge in [-0.2, -0.15) is 0 Å². The Bertz CT molecular complexity index is 637. The van der Waals surface area contributed by atoms with Crippen molar-refractivity contribution in [2.75, 3.05) is 13.7 Å². The minimum Gasteiger partial charge on any atom is -0.496 e. The van der Waals surface area contributed by atoms with Crippen molar-refractivity contribution in [1.29, 1.82) is 0 Å². The monoisotopic (exact) mass is 331 g/mol. The van der Waals surface area contributed by atoms with Gasteiger partial charge in [0.25, 0.3) is 0 Å². The van der Waals surface area contributed by atoms with E-state index in [0.29, 0.717) is 25.8 Å². The second-order valence-electron chi connectivity index (χ2n) is 5.17. The number of nitrogens with one attached hydrogen (secondary N) is 1. The van der Waals surface area contributed by atoms with Gasteiger partial charge in [-0.1, -0.05) is 24.3 Å². The summed E-state index contributed by atoms with van der Waals surface area (Å²) in [6.45, 7) is 0.568. The van der Waals surface area contributed by atoms with E-state index in [1.54, 1.807) is 7.11 Å². The topological polar surface area (TPSA) is 55.4 Å². The van der Waals surface area contributed by atoms with Gasteiger partial charge in [-0.15, -0.1) is 11.3 Å². The SMILES string of the molecule is COc1ccccc1CCNC(=O)CCCC(=O)c1cccs1. The number of hydrogen-bond donors (Lipinski definition) is 1. The molecule has 1 heterocycles. The van der Waals surface area contributed by atoms with E-state index >= 15 is 0 Å². The van der Waals surface area contributed by atoms with Gasteiger partial charge in [0.15, 0.2) is 5.78 Å². The van der Waals surface area contributed by atoms with E-state index in [-0.39, 0.29) is 11.7 Å². The molecule has 0 unspecified atom stereocenters. The summed E-state index contributed by atoms with van der Waals surface area (Å²) in [6, 6.07) is 11.5. The molecular weight excluding hydrogens is 310 g/mol. The minimum atomic E-state index is -0.0149. The predicted octanol–water partition coefficient (Wildman–Crippen LogP) is 3.47. The predicted molar refractivity (Wildman–Crippen MR) is 92.2 cm³/mol. The first kappa shape index (κ1) is 17.2. The summed E-state index contributed by atoms with van der Waals surface area (Å²) in [5.41, 5.74) is 1.07. The molecule has 0 aliphatic rings. The van der Waals surface area contributed by atoms with Crippen LogP contribution in [0.2, 0.25) is 0 Å². The molecule has 0 aliphatic carbocycles. The molecule has 1 N–H and O–H groups in total. The van der Waals surface area contributed by atoms with Gasteiger partial charge in [0.2, 0.25) is 5.91 Å². The van der Waals surface area contributed by atoms with Crippen LogP contribution in [0.15, 0.2) is 41.8 Å². The van der Waals surface area contributed by atoms with E-state index in [4.69, 9.17) is 4.74 Å². The maximum Gasteiger partial charge on any atom is 0.220 e. The van der Waals surface area contributed by atoms with Crippen molar-refractivity contribution in [1.82, 2.24) is 5.32 Å². The van der Waals surface area contributed by atoms with Gasteiger partial charge in [0.05, 0.1) is 12.0 Å². The molecule has 0 atom stereocenters. The van der Waals surface area contributed by atoms with Gasteiger partial charge in [-0.3, -0.25) is 9.59 Å². The molecule has 4 nitrogen and oxygen atoms in total. The van der Waals surface area contributed by atoms with E-state index < -0.39 is 0 Å². The lowest BCUT2D eigenvalue weighted by Crippen LogP contribution is -2.25. The lowest BCUT2D eigenvalue weighted by molar-refractivity contribution is -0.121. The molecule has 1 amide bonds. The molecule has 0 saturated carbocycles. The molecule has 23 heavy (non-hydrogen) atoms. The Morgan fingerprint density at radius 1 is 1.13 bits per heavy atom. The molecule has 0 radical (unpaired) electrons. The number of ether oxygens (including phenoxy) is 1. The van der Waals surface area contributed by atoms with Crippen LogP contribution in [-0.4, -0.2) is 25.3 Å². The van der Waals surface area contributed by atoms with E-state index in [1.165, 1.54) is 11.3 Å². The van der Waals surface area contributed by atoms with E-state index in [2.05, 4.69) is 5.32 Å². The molecule has 1 aromatic heterocycles. The van der Waals surface area contributed by atoms with E-state index in [9.17, 15) is 9.59 Å². The summed E-state index contributed by atoms with van der Waals surface area (Å²) >= 11 is 1.44. The van der Waals surface area contributed by atoms with Crippen molar-refractivity contribution in [3.63, 3.8) is 0 Å². The van der Waals surface area contributed by atoms with Crippen LogP contribution in [0, 0.1) is 0 Å². The van der Waals surface area contributed by atoms with Crippen LogP contribution in [0.3, 0.4) is 0 Å². The third kappa shape index (κ3) is 5.53. The van der Waals surface area contributed by atoms with Crippen molar-refractivity contribution in [2.24, 2.45) is 0 Å². The van der Waals surface area contributed by atoms with Gasteiger partial charge in [-0.25, -0.2) is 0 Å². The highest BCUT2D eigenvalue weighted by Gasteiger charge is 2.08. The summed E-state index contributed by atoms with van der Waals surface area (Å²) in [4.78, 5) is 24.4. The maximum absolute atomic E-state index is 11.8. The van der Waals surface area contributed by atoms with Gasteiger partial charge >= 0.3 is 0 Å². The van der Waals surface area contributed by atoms with Crippen LogP contribution in [0.5, 0.6) is 5.75 Å². The molecule has 0 bridgehead atoms. The fourth-order valence-corrected chi connectivity index (χ4v) is 3.00. The van der Waals surface area contributed by atoms with Crippen molar-refractivity contribution in [3.05, 3.63) is 52.2 Å². The largest absolute Gasteiger partial charge is 0.496 e. The standard InChI is InChI=1S/C18H21NO3S/c1-22-16-8-3-2-6-14(16)11-12-19-18(21)10-4-7-15(20)17-9-5-13-23-17/h2-3,5-6,8-9,13H,4,7,10-12H2,1H3,(H,19,21). The van der Waals surface area contributed by atoms with Crippen molar-refractivity contribution >= 4 is 23.0 Å². The smallest absolute Gasteiger partial charge is 0.220 e. The Hall–Kier alpha value is -2.14. The minimum absolute atomic E-state index is 0.0149. The fourth-order valence-electron chi connectivity index (χ4n) is 2.30. The van der Waals surface area contributed by atoms with E-state index in [1.807, 2.05) is 41.8 Å². The van der Waals surface area contributed by atoms with Gasteiger partial charge < -0.3 is 10.1 Å². The Morgan fingerprint density at radius 2 is 1.96 bits per heavy atom. The molecule has 1 aromatic carbocycles. The lowest BCUT2D eigenvalue weighted by Gasteiger charge is -2.09. The Labute approximate surface area is 140 Å². The average molecular weight is 331 g/mol. The lowest BCUT2D eigenvalue weighted by atomic mass is 10.1. The highest BCUT2D eigenvalue weighted by atomic mass is 32.1. The van der Waals surface area contributed by atoms with Crippen LogP contribution in [0.4, 0.5) is 0 Å². The third-order valence-corrected chi connectivity index (χ3v) is 4.42. The van der Waals surface area contributed by atoms with Crippen molar-refractivity contribution in [2.45, 2.75) is 25.7 Å². The molecule has 0 fully saturated rings. The van der Waals surface area contributed by atoms with Crippen LogP contribution in [-0.2, 0) is 11.2 Å². The number of benzene rings is 1. The number of Topliss-reactive ketones (excluding diaryl/α,β-unsaturated/α-hetero) is 1. The zero-order valence-corrected chi connectivity index (χ0v) is 14.0. The number of thiophene rings is 1. The summed E-state index contributed by atoms with van der Waals surface area (Å²) in [6.07, 6.45) is 2.10. The zero-order valence-electron chi connectivity index (χ0n) is 13.2. The van der Waals surface area contributed by atoms with Crippen molar-refractivity contribution < 1.29 is 14.3 Å². The first-order valence-corrected chi connectivity index (χ1v) is 8.54. The molecule has 0 saturated heterocycles. The fraction of sp³-hybridized carbons (Fsp3) is 0.333. The first-order chi connectivity index (χ1) is 11.2. The number of carbonyl (C=O) groups is 2. The maximum atomic E-state index is 11.8. The molecule has 2 rings (SSSR count). The Kier molecular flexibility index (Phi) is 6.81. The number of methoxy groups -OCH3 is 1. The summed E-state index contributed by atoms with van der Waals surface area (Å²) < 4.78 is 5.28. The number of hydrogen-bond acceptors (Lipinski definition) is 4. The highest BCUT2D eigenvalue weighted by molar-refractivity contribution is 7.12. The number of rotatable bonds is 9. The number of carbonyl (C=O) groups excluding carboxylic acids is 2. The van der Waals surface area contributed by atoms with Crippen LogP contribution in [0.25, 0.3) is 0 Å². The second-order valence-corrected chi connectivity index (χ2v) is 6.11. The van der Waals surface area contributed by atoms with Crippen molar-refractivity contribution in [3.8, 4) is 5.75 Å². The summed E-state index contributed by atoms with van der Waals surface area (Å²) in [5.74, 6) is 0.934. The summed E-state index contributed by atoms with van der Waals surface area (Å²) in [5, 5.41) is 4.77. The molecule has 0 aliphatic heterocycles. The Morgan fingerprint density at radius 3 is 2.70 bits per heavy atom. The van der Waals surface area contributed by atoms with E-state index in [0.717, 1.165) is 22.6 Å². The average Bonchev–Trinajstić information content (AvgIpc) is 3.10. The highest BCUT2D eigenvalue weighted by Crippen LogP contribution is 2.17. The van der Waals surface area contributed by atoms with Crippen LogP contribution >= 0.6 is 11.3 Å². The number of ketones is 1. The third-order valence-electron chi connectivity index (χ3n) is 3.51. The second kappa shape index (κ2) is 9.10. The molecule has 5 heteroatoms. The first-order valence-electron chi connectivity index (χ1n) is 7.66. The molecule has 2 aromatic rings. The van der Waals surface area contributed by atoms with Crippen LogP contribution < -0.4 is 10.1 Å². The van der Waals surface area contributed by atoms with Crippen LogP contribution in [0.1, 0.15) is 34.5 Å².